The van der Waals surface area contributed by atoms with E-state index in [2.05, 4.69) is 15.6 Å². The molecule has 0 bridgehead atoms. The smallest absolute Gasteiger partial charge is 0.416 e. The minimum absolute atomic E-state index is 0.252. The molecule has 1 saturated heterocycles. The highest BCUT2D eigenvalue weighted by atomic mass is 19.4. The fraction of sp³-hybridized carbons (Fsp3) is 0.458. The van der Waals surface area contributed by atoms with Gasteiger partial charge in [0.05, 0.1) is 11.1 Å². The monoisotopic (exact) mass is 478 g/mol. The number of piperidine rings is 1. The summed E-state index contributed by atoms with van der Waals surface area (Å²) >= 11 is 0. The lowest BCUT2D eigenvalue weighted by atomic mass is 9.97. The summed E-state index contributed by atoms with van der Waals surface area (Å²) in [7, 11) is 0. The van der Waals surface area contributed by atoms with Crippen LogP contribution in [-0.4, -0.2) is 47.1 Å². The number of nitrogens with one attached hydrogen (secondary N) is 2. The molecule has 0 atom stereocenters. The van der Waals surface area contributed by atoms with E-state index in [4.69, 9.17) is 4.74 Å². The first-order valence-corrected chi connectivity index (χ1v) is 11.1. The normalized spacial score (nSPS) is 15.1. The highest BCUT2D eigenvalue weighted by Gasteiger charge is 2.30. The predicted molar refractivity (Wildman–Crippen MR) is 123 cm³/mol. The molecule has 1 aromatic heterocycles. The summed E-state index contributed by atoms with van der Waals surface area (Å²) in [6.45, 7) is 7.24. The van der Waals surface area contributed by atoms with Crippen LogP contribution >= 0.6 is 0 Å². The average Bonchev–Trinajstić information content (AvgIpc) is 2.77. The number of likely N-dealkylation sites (tertiary alicyclic amines) is 1. The Hall–Kier alpha value is -3.30. The molecule has 34 heavy (non-hydrogen) atoms. The summed E-state index contributed by atoms with van der Waals surface area (Å²) in [6.07, 6.45) is -1.63. The maximum absolute atomic E-state index is 12.7. The maximum Gasteiger partial charge on any atom is 0.416 e. The Labute approximate surface area is 196 Å². The molecule has 1 aliphatic rings. The van der Waals surface area contributed by atoms with Gasteiger partial charge in [0.25, 0.3) is 5.91 Å². The van der Waals surface area contributed by atoms with Crippen LogP contribution < -0.4 is 10.6 Å². The van der Waals surface area contributed by atoms with Crippen molar-refractivity contribution >= 4 is 23.5 Å². The Morgan fingerprint density at radius 3 is 2.32 bits per heavy atom. The number of aromatic nitrogens is 1. The Bertz CT molecular complexity index is 996. The summed E-state index contributed by atoms with van der Waals surface area (Å²) < 4.78 is 43.6. The van der Waals surface area contributed by atoms with Crippen LogP contribution in [0.5, 0.6) is 0 Å². The number of anilines is 2. The van der Waals surface area contributed by atoms with Gasteiger partial charge in [-0.1, -0.05) is 0 Å². The predicted octanol–water partition coefficient (Wildman–Crippen LogP) is 5.41. The van der Waals surface area contributed by atoms with Crippen LogP contribution in [0.2, 0.25) is 0 Å². The SMILES string of the molecule is CC(C)(C)OC(=O)N1CCC(CNc2ncccc2C(=O)Nc2ccc(C(F)(F)F)cc2)CC1. The molecule has 3 rings (SSSR count). The number of hydrogen-bond acceptors (Lipinski definition) is 5. The molecular formula is C24H29F3N4O3. The van der Waals surface area contributed by atoms with Crippen LogP contribution in [0, 0.1) is 5.92 Å². The van der Waals surface area contributed by atoms with Crippen LogP contribution in [0.15, 0.2) is 42.6 Å². The van der Waals surface area contributed by atoms with Crippen LogP contribution in [0.25, 0.3) is 0 Å². The van der Waals surface area contributed by atoms with Crippen LogP contribution in [-0.2, 0) is 10.9 Å². The number of carbonyl (C=O) groups excluding carboxylic acids is 2. The van der Waals surface area contributed by atoms with Crippen molar-refractivity contribution in [2.24, 2.45) is 5.92 Å². The lowest BCUT2D eigenvalue weighted by molar-refractivity contribution is -0.137. The molecule has 0 spiro atoms. The molecule has 7 nitrogen and oxygen atoms in total. The van der Waals surface area contributed by atoms with E-state index in [0.29, 0.717) is 25.5 Å². The third-order valence-corrected chi connectivity index (χ3v) is 5.35. The summed E-state index contributed by atoms with van der Waals surface area (Å²) in [5.41, 5.74) is -0.783. The molecule has 1 aromatic carbocycles. The molecule has 184 valence electrons. The van der Waals surface area contributed by atoms with Crippen molar-refractivity contribution in [3.05, 3.63) is 53.7 Å². The van der Waals surface area contributed by atoms with Gasteiger partial charge >= 0.3 is 12.3 Å². The fourth-order valence-corrected chi connectivity index (χ4v) is 3.56. The van der Waals surface area contributed by atoms with E-state index >= 15 is 0 Å². The molecule has 1 fully saturated rings. The first kappa shape index (κ1) is 25.3. The molecule has 2 N–H and O–H groups in total. The third kappa shape index (κ3) is 7.10. The molecule has 2 heterocycles. The number of halogens is 3. The number of pyridine rings is 1. The van der Waals surface area contributed by atoms with Gasteiger partial charge in [0.2, 0.25) is 0 Å². The standard InChI is InChI=1S/C24H29F3N4O3/c1-23(2,3)34-22(33)31-13-10-16(11-14-31)15-29-20-19(5-4-12-28-20)21(32)30-18-8-6-17(7-9-18)24(25,26)27/h4-9,12,16H,10-11,13-15H2,1-3H3,(H,28,29)(H,30,32). The number of amides is 2. The van der Waals surface area contributed by atoms with Gasteiger partial charge in [-0.25, -0.2) is 9.78 Å². The number of benzene rings is 1. The van der Waals surface area contributed by atoms with Crippen LogP contribution in [0.3, 0.4) is 0 Å². The zero-order valence-corrected chi connectivity index (χ0v) is 19.4. The minimum atomic E-state index is -4.44. The second kappa shape index (κ2) is 10.3. The second-order valence-corrected chi connectivity index (χ2v) is 9.22. The average molecular weight is 479 g/mol. The highest BCUT2D eigenvalue weighted by molar-refractivity contribution is 6.07. The number of nitrogens with zero attached hydrogens (tertiary/aromatic N) is 2. The molecule has 10 heteroatoms. The van der Waals surface area contributed by atoms with E-state index in [0.717, 1.165) is 25.0 Å². The van der Waals surface area contributed by atoms with Gasteiger partial charge in [-0.05, 0) is 75.9 Å². The van der Waals surface area contributed by atoms with Crippen molar-refractivity contribution in [2.45, 2.75) is 45.4 Å². The number of alkyl halides is 3. The van der Waals surface area contributed by atoms with E-state index in [-0.39, 0.29) is 23.3 Å². The molecule has 0 saturated carbocycles. The van der Waals surface area contributed by atoms with Gasteiger partial charge in [-0.3, -0.25) is 4.79 Å². The van der Waals surface area contributed by atoms with Gasteiger partial charge in [-0.15, -0.1) is 0 Å². The molecule has 2 aromatic rings. The van der Waals surface area contributed by atoms with Crippen molar-refractivity contribution in [3.8, 4) is 0 Å². The Kier molecular flexibility index (Phi) is 7.68. The van der Waals surface area contributed by atoms with E-state index in [1.165, 1.54) is 12.1 Å². The van der Waals surface area contributed by atoms with E-state index in [9.17, 15) is 22.8 Å². The Balaban J connectivity index is 1.55. The fourth-order valence-electron chi connectivity index (χ4n) is 3.56. The van der Waals surface area contributed by atoms with E-state index in [1.807, 2.05) is 20.8 Å². The summed E-state index contributed by atoms with van der Waals surface area (Å²) in [5.74, 6) is 0.197. The van der Waals surface area contributed by atoms with Gasteiger partial charge in [0.1, 0.15) is 11.4 Å². The second-order valence-electron chi connectivity index (χ2n) is 9.22. The van der Waals surface area contributed by atoms with Gasteiger partial charge in [0.15, 0.2) is 0 Å². The zero-order valence-electron chi connectivity index (χ0n) is 19.4. The molecule has 1 aliphatic heterocycles. The summed E-state index contributed by atoms with van der Waals surface area (Å²) in [6, 6.07) is 7.47. The Morgan fingerprint density at radius 1 is 1.09 bits per heavy atom. The lowest BCUT2D eigenvalue weighted by Gasteiger charge is -2.33. The molecule has 0 unspecified atom stereocenters. The van der Waals surface area contributed by atoms with Crippen molar-refractivity contribution in [2.75, 3.05) is 30.3 Å². The van der Waals surface area contributed by atoms with Crippen molar-refractivity contribution in [3.63, 3.8) is 0 Å². The van der Waals surface area contributed by atoms with E-state index < -0.39 is 23.2 Å². The topological polar surface area (TPSA) is 83.6 Å². The van der Waals surface area contributed by atoms with Crippen LogP contribution in [0.1, 0.15) is 49.5 Å². The Morgan fingerprint density at radius 2 is 1.74 bits per heavy atom. The quantitative estimate of drug-likeness (QED) is 0.600. The largest absolute Gasteiger partial charge is 0.444 e. The third-order valence-electron chi connectivity index (χ3n) is 5.35. The van der Waals surface area contributed by atoms with Crippen molar-refractivity contribution < 1.29 is 27.5 Å². The maximum atomic E-state index is 12.7. The lowest BCUT2D eigenvalue weighted by Crippen LogP contribution is -2.42. The number of hydrogen-bond donors (Lipinski definition) is 2. The van der Waals surface area contributed by atoms with Gasteiger partial charge < -0.3 is 20.3 Å². The van der Waals surface area contributed by atoms with Gasteiger partial charge in [-0.2, -0.15) is 13.2 Å². The highest BCUT2D eigenvalue weighted by Crippen LogP contribution is 2.30. The van der Waals surface area contributed by atoms with Gasteiger partial charge in [0, 0.05) is 31.5 Å². The number of rotatable bonds is 5. The first-order valence-electron chi connectivity index (χ1n) is 11.1. The molecular weight excluding hydrogens is 449 g/mol. The molecule has 0 radical (unpaired) electrons. The molecule has 0 aliphatic carbocycles. The van der Waals surface area contributed by atoms with E-state index in [1.54, 1.807) is 23.2 Å². The minimum Gasteiger partial charge on any atom is -0.444 e. The van der Waals surface area contributed by atoms with Crippen LogP contribution in [0.4, 0.5) is 29.5 Å². The summed E-state index contributed by atoms with van der Waals surface area (Å²) in [5, 5.41) is 5.81. The van der Waals surface area contributed by atoms with Crippen molar-refractivity contribution in [1.82, 2.24) is 9.88 Å². The van der Waals surface area contributed by atoms with Crippen molar-refractivity contribution in [1.29, 1.82) is 0 Å². The number of carbonyl (C=O) groups is 2. The number of ether oxygens (including phenoxy) is 1. The zero-order chi connectivity index (χ0) is 24.9. The summed E-state index contributed by atoms with van der Waals surface area (Å²) in [4.78, 5) is 30.9. The molecule has 2 amide bonds. The first-order chi connectivity index (χ1) is 15.9.